The minimum absolute atomic E-state index is 0.616. The Bertz CT molecular complexity index is 196. The number of allylic oxidation sites excluding steroid dienone is 2. The molecule has 0 saturated heterocycles. The van der Waals surface area contributed by atoms with Crippen molar-refractivity contribution in [2.75, 3.05) is 0 Å². The van der Waals surface area contributed by atoms with E-state index in [9.17, 15) is 0 Å². The third-order valence-corrected chi connectivity index (χ3v) is 5.23. The van der Waals surface area contributed by atoms with Crippen LogP contribution >= 0.6 is 11.1 Å². The summed E-state index contributed by atoms with van der Waals surface area (Å²) in [6.07, 6.45) is 11.0. The van der Waals surface area contributed by atoms with Crippen molar-refractivity contribution in [3.8, 4) is 0 Å². The van der Waals surface area contributed by atoms with Crippen LogP contribution < -0.4 is 0 Å². The Balaban J connectivity index is 2.24. The van der Waals surface area contributed by atoms with Gasteiger partial charge in [0, 0.05) is 0 Å². The Hall–Kier alpha value is 0.117. The maximum absolute atomic E-state index is 6.23. The molecule has 0 radical (unpaired) electrons. The first kappa shape index (κ1) is 11.2. The first-order chi connectivity index (χ1) is 6.33. The second kappa shape index (κ2) is 6.55. The topological polar surface area (TPSA) is 0 Å². The van der Waals surface area contributed by atoms with E-state index in [-0.39, 0.29) is 0 Å². The molecule has 0 aromatic carbocycles. The van der Waals surface area contributed by atoms with Gasteiger partial charge in [-0.3, -0.25) is 0 Å². The molecule has 1 rings (SSSR count). The van der Waals surface area contributed by atoms with E-state index in [4.69, 9.17) is 11.1 Å². The Morgan fingerprint density at radius 3 is 3.00 bits per heavy atom. The maximum Gasteiger partial charge on any atom is 0.120 e. The summed E-state index contributed by atoms with van der Waals surface area (Å²) in [5, 5.41) is 0. The minimum atomic E-state index is -0.616. The van der Waals surface area contributed by atoms with Gasteiger partial charge >= 0.3 is 0 Å². The third kappa shape index (κ3) is 4.77. The van der Waals surface area contributed by atoms with Crippen LogP contribution in [0.25, 0.3) is 0 Å². The standard InChI is InChI=1S/C11H19ClSi/c1-2-9-13(12)10-8-11-6-4-3-5-7-11/h3-4,10-11H,2,5-9H2,1H3. The van der Waals surface area contributed by atoms with E-state index < -0.39 is 7.72 Å². The normalized spacial score (nSPS) is 23.5. The molecular weight excluding hydrogens is 196 g/mol. The van der Waals surface area contributed by atoms with Crippen LogP contribution in [-0.4, -0.2) is 13.4 Å². The minimum Gasteiger partial charge on any atom is -0.139 e. The molecule has 2 heteroatoms. The van der Waals surface area contributed by atoms with Gasteiger partial charge in [-0.05, 0) is 37.6 Å². The number of hydrogen-bond acceptors (Lipinski definition) is 0. The first-order valence-corrected chi connectivity index (χ1v) is 8.12. The summed E-state index contributed by atoms with van der Waals surface area (Å²) in [6.45, 7) is 2.21. The van der Waals surface area contributed by atoms with Crippen LogP contribution in [-0.2, 0) is 0 Å². The van der Waals surface area contributed by atoms with Crippen LogP contribution in [0.1, 0.15) is 39.0 Å². The van der Waals surface area contributed by atoms with Gasteiger partial charge < -0.3 is 0 Å². The Morgan fingerprint density at radius 1 is 1.54 bits per heavy atom. The van der Waals surface area contributed by atoms with Crippen molar-refractivity contribution in [2.45, 2.75) is 45.1 Å². The van der Waals surface area contributed by atoms with E-state index in [0.717, 1.165) is 5.92 Å². The molecule has 0 aliphatic heterocycles. The molecule has 0 fully saturated rings. The predicted octanol–water partition coefficient (Wildman–Crippen LogP) is 3.76. The predicted molar refractivity (Wildman–Crippen MR) is 63.9 cm³/mol. The van der Waals surface area contributed by atoms with E-state index in [1.165, 1.54) is 38.1 Å². The van der Waals surface area contributed by atoms with Crippen molar-refractivity contribution in [3.05, 3.63) is 12.2 Å². The van der Waals surface area contributed by atoms with Crippen molar-refractivity contribution in [1.82, 2.24) is 0 Å². The van der Waals surface area contributed by atoms with Crippen molar-refractivity contribution in [2.24, 2.45) is 5.92 Å². The monoisotopic (exact) mass is 214 g/mol. The van der Waals surface area contributed by atoms with E-state index in [1.54, 1.807) is 0 Å². The van der Waals surface area contributed by atoms with E-state index in [0.29, 0.717) is 0 Å². The molecule has 74 valence electrons. The van der Waals surface area contributed by atoms with Crippen molar-refractivity contribution in [1.29, 1.82) is 0 Å². The molecule has 1 unspecified atom stereocenters. The van der Waals surface area contributed by atoms with E-state index in [2.05, 4.69) is 24.7 Å². The summed E-state index contributed by atoms with van der Waals surface area (Å²) in [6, 6.07) is 1.23. The summed E-state index contributed by atoms with van der Waals surface area (Å²) in [5.41, 5.74) is 2.40. The van der Waals surface area contributed by atoms with Crippen molar-refractivity contribution in [3.63, 3.8) is 0 Å². The van der Waals surface area contributed by atoms with Gasteiger partial charge in [0.25, 0.3) is 0 Å². The summed E-state index contributed by atoms with van der Waals surface area (Å²) in [4.78, 5) is 0. The maximum atomic E-state index is 6.23. The van der Waals surface area contributed by atoms with Gasteiger partial charge in [0.15, 0.2) is 0 Å². The van der Waals surface area contributed by atoms with Crippen LogP contribution in [0.3, 0.4) is 0 Å². The van der Waals surface area contributed by atoms with Gasteiger partial charge in [0.05, 0.1) is 0 Å². The zero-order valence-corrected chi connectivity index (χ0v) is 10.2. The molecule has 1 atom stereocenters. The summed E-state index contributed by atoms with van der Waals surface area (Å²) < 4.78 is 0. The van der Waals surface area contributed by atoms with Crippen LogP contribution in [0.5, 0.6) is 0 Å². The molecule has 13 heavy (non-hydrogen) atoms. The highest BCUT2D eigenvalue weighted by molar-refractivity contribution is 7.08. The Kier molecular flexibility index (Phi) is 5.64. The lowest BCUT2D eigenvalue weighted by Crippen LogP contribution is -2.06. The average Bonchev–Trinajstić information content (AvgIpc) is 2.17. The zero-order chi connectivity index (χ0) is 9.52. The quantitative estimate of drug-likeness (QED) is 0.380. The third-order valence-electron chi connectivity index (χ3n) is 2.54. The molecule has 0 bridgehead atoms. The first-order valence-electron chi connectivity index (χ1n) is 5.32. The molecule has 0 heterocycles. The van der Waals surface area contributed by atoms with Gasteiger partial charge in [0.1, 0.15) is 7.72 Å². The number of halogens is 1. The second-order valence-corrected chi connectivity index (χ2v) is 7.05. The Morgan fingerprint density at radius 2 is 2.38 bits per heavy atom. The fourth-order valence-electron chi connectivity index (χ4n) is 1.71. The molecule has 0 saturated carbocycles. The van der Waals surface area contributed by atoms with Crippen LogP contribution in [0.4, 0.5) is 0 Å². The molecular formula is C11H19ClSi. The summed E-state index contributed by atoms with van der Waals surface area (Å²) in [5.74, 6) is 0.889. The summed E-state index contributed by atoms with van der Waals surface area (Å²) in [7, 11) is -0.616. The molecule has 0 N–H and O–H groups in total. The SMILES string of the molecule is CCC[Si](Cl)=CCC1CC=CCC1. The Labute approximate surface area is 87.9 Å². The molecule has 0 nitrogen and oxygen atoms in total. The highest BCUT2D eigenvalue weighted by Crippen LogP contribution is 2.20. The van der Waals surface area contributed by atoms with Crippen molar-refractivity contribution >= 4 is 24.5 Å². The fraction of sp³-hybridized carbons (Fsp3) is 0.727. The molecule has 1 aliphatic rings. The molecule has 1 aliphatic carbocycles. The lowest BCUT2D eigenvalue weighted by Gasteiger charge is -2.15. The van der Waals surface area contributed by atoms with E-state index in [1.807, 2.05) is 0 Å². The number of hydrogen-bond donors (Lipinski definition) is 0. The fourth-order valence-corrected chi connectivity index (χ4v) is 3.81. The van der Waals surface area contributed by atoms with Crippen molar-refractivity contribution < 1.29 is 0 Å². The van der Waals surface area contributed by atoms with E-state index >= 15 is 0 Å². The van der Waals surface area contributed by atoms with Gasteiger partial charge in [-0.15, -0.1) is 11.1 Å². The average molecular weight is 215 g/mol. The molecule has 0 aromatic heterocycles. The second-order valence-electron chi connectivity index (χ2n) is 3.79. The highest BCUT2D eigenvalue weighted by atomic mass is 35.6. The van der Waals surface area contributed by atoms with Crippen LogP contribution in [0, 0.1) is 5.92 Å². The molecule has 0 spiro atoms. The van der Waals surface area contributed by atoms with Gasteiger partial charge in [-0.2, -0.15) is 0 Å². The largest absolute Gasteiger partial charge is 0.139 e. The van der Waals surface area contributed by atoms with Gasteiger partial charge in [-0.1, -0.05) is 31.2 Å². The lowest BCUT2D eigenvalue weighted by atomic mass is 9.92. The number of rotatable bonds is 4. The molecule has 0 amide bonds. The summed E-state index contributed by atoms with van der Waals surface area (Å²) >= 11 is 6.23. The van der Waals surface area contributed by atoms with Gasteiger partial charge in [0.2, 0.25) is 0 Å². The van der Waals surface area contributed by atoms with Gasteiger partial charge in [-0.25, -0.2) is 0 Å². The lowest BCUT2D eigenvalue weighted by molar-refractivity contribution is 0.502. The van der Waals surface area contributed by atoms with Crippen LogP contribution in [0.15, 0.2) is 12.2 Å². The molecule has 0 aromatic rings. The highest BCUT2D eigenvalue weighted by Gasteiger charge is 2.07. The smallest absolute Gasteiger partial charge is 0.120 e. The van der Waals surface area contributed by atoms with Crippen LogP contribution in [0.2, 0.25) is 6.04 Å². The zero-order valence-electron chi connectivity index (χ0n) is 8.43.